The van der Waals surface area contributed by atoms with E-state index in [1.807, 2.05) is 0 Å². The molecule has 6 heteroatoms. The van der Waals surface area contributed by atoms with E-state index in [4.69, 9.17) is 16.7 Å². The van der Waals surface area contributed by atoms with Gasteiger partial charge in [-0.3, -0.25) is 4.79 Å². The number of fused-ring (bicyclic) bond motifs is 1. The van der Waals surface area contributed by atoms with Crippen molar-refractivity contribution in [3.05, 3.63) is 58.6 Å². The van der Waals surface area contributed by atoms with Gasteiger partial charge < -0.3 is 10.4 Å². The van der Waals surface area contributed by atoms with Gasteiger partial charge in [0.1, 0.15) is 5.71 Å². The van der Waals surface area contributed by atoms with Gasteiger partial charge in [-0.15, -0.1) is 0 Å². The summed E-state index contributed by atoms with van der Waals surface area (Å²) >= 11 is 5.93. The lowest BCUT2D eigenvalue weighted by Crippen LogP contribution is -2.13. The Morgan fingerprint density at radius 3 is 2.76 bits per heavy atom. The van der Waals surface area contributed by atoms with Crippen LogP contribution in [0.25, 0.3) is 0 Å². The Balaban J connectivity index is 2.08. The zero-order chi connectivity index (χ0) is 15.0. The summed E-state index contributed by atoms with van der Waals surface area (Å²) in [4.78, 5) is 27.2. The van der Waals surface area contributed by atoms with E-state index in [1.165, 1.54) is 12.1 Å². The van der Waals surface area contributed by atoms with E-state index in [1.54, 1.807) is 30.3 Å². The average Bonchev–Trinajstić information content (AvgIpc) is 2.75. The Morgan fingerprint density at radius 2 is 2.00 bits per heavy atom. The molecule has 1 heterocycles. The molecule has 1 amide bonds. The number of carbonyl (C=O) groups excluding carboxylic acids is 1. The van der Waals surface area contributed by atoms with Crippen molar-refractivity contribution in [3.8, 4) is 0 Å². The van der Waals surface area contributed by atoms with E-state index in [2.05, 4.69) is 10.3 Å². The summed E-state index contributed by atoms with van der Waals surface area (Å²) in [5.41, 5.74) is 1.97. The van der Waals surface area contributed by atoms with E-state index >= 15 is 0 Å². The van der Waals surface area contributed by atoms with Gasteiger partial charge in [-0.2, -0.15) is 0 Å². The van der Waals surface area contributed by atoms with Crippen LogP contribution in [0, 0.1) is 0 Å². The fraction of sp³-hybridized carbons (Fsp3) is 0. The van der Waals surface area contributed by atoms with Crippen molar-refractivity contribution in [2.24, 2.45) is 4.99 Å². The van der Waals surface area contributed by atoms with Crippen LogP contribution in [0.15, 0.2) is 47.5 Å². The van der Waals surface area contributed by atoms with Gasteiger partial charge in [0.05, 0.1) is 16.9 Å². The summed E-state index contributed by atoms with van der Waals surface area (Å²) < 4.78 is 0. The number of nitrogens with one attached hydrogen (secondary N) is 1. The van der Waals surface area contributed by atoms with Crippen LogP contribution in [0.2, 0.25) is 5.02 Å². The first-order chi connectivity index (χ1) is 10.0. The molecule has 0 radical (unpaired) electrons. The number of hydrogen-bond acceptors (Lipinski definition) is 3. The first-order valence-electron chi connectivity index (χ1n) is 6.08. The summed E-state index contributed by atoms with van der Waals surface area (Å²) in [5, 5.41) is 12.2. The third kappa shape index (κ3) is 2.51. The molecule has 0 saturated heterocycles. The first-order valence-corrected chi connectivity index (χ1v) is 6.46. The Morgan fingerprint density at radius 1 is 1.19 bits per heavy atom. The van der Waals surface area contributed by atoms with Crippen LogP contribution in [0.5, 0.6) is 0 Å². The van der Waals surface area contributed by atoms with Crippen molar-refractivity contribution in [3.63, 3.8) is 0 Å². The van der Waals surface area contributed by atoms with Gasteiger partial charge in [-0.05, 0) is 36.4 Å². The molecular weight excluding hydrogens is 292 g/mol. The van der Waals surface area contributed by atoms with Gasteiger partial charge in [-0.25, -0.2) is 9.79 Å². The average molecular weight is 301 g/mol. The molecule has 0 atom stereocenters. The number of anilines is 1. The Kier molecular flexibility index (Phi) is 3.19. The molecule has 3 rings (SSSR count). The number of aliphatic imine (C=N–C) groups is 1. The second kappa shape index (κ2) is 5.03. The third-order valence-corrected chi connectivity index (χ3v) is 3.27. The number of aromatic carboxylic acids is 1. The highest BCUT2D eigenvalue weighted by molar-refractivity contribution is 6.54. The minimum absolute atomic E-state index is 0.113. The minimum Gasteiger partial charge on any atom is -0.478 e. The van der Waals surface area contributed by atoms with Crippen LogP contribution in [-0.4, -0.2) is 22.7 Å². The monoisotopic (exact) mass is 300 g/mol. The quantitative estimate of drug-likeness (QED) is 0.894. The Bertz CT molecular complexity index is 799. The highest BCUT2D eigenvalue weighted by Gasteiger charge is 2.26. The van der Waals surface area contributed by atoms with E-state index in [9.17, 15) is 9.59 Å². The van der Waals surface area contributed by atoms with E-state index in [0.29, 0.717) is 22.0 Å². The summed E-state index contributed by atoms with van der Waals surface area (Å²) in [6.45, 7) is 0. The zero-order valence-electron chi connectivity index (χ0n) is 10.6. The molecule has 0 bridgehead atoms. The van der Waals surface area contributed by atoms with Crippen molar-refractivity contribution < 1.29 is 14.7 Å². The number of nitrogens with zero attached hydrogens (tertiary/aromatic N) is 1. The Hall–Kier alpha value is -2.66. The molecule has 2 N–H and O–H groups in total. The standard InChI is InChI=1S/C15H9ClN2O3/c16-9-4-5-12-11(7-9)13(14(19)18-12)17-10-3-1-2-8(6-10)15(20)21/h1-7H,(H,20,21)(H,17,18,19). The van der Waals surface area contributed by atoms with Crippen molar-refractivity contribution in [2.45, 2.75) is 0 Å². The third-order valence-electron chi connectivity index (χ3n) is 3.03. The lowest BCUT2D eigenvalue weighted by atomic mass is 10.1. The predicted octanol–water partition coefficient (Wildman–Crippen LogP) is 3.11. The van der Waals surface area contributed by atoms with Crippen LogP contribution in [0.4, 0.5) is 11.4 Å². The van der Waals surface area contributed by atoms with Crippen LogP contribution < -0.4 is 5.32 Å². The summed E-state index contributed by atoms with van der Waals surface area (Å²) in [7, 11) is 0. The van der Waals surface area contributed by atoms with Gasteiger partial charge in [0.25, 0.3) is 5.91 Å². The topological polar surface area (TPSA) is 78.8 Å². The minimum atomic E-state index is -1.05. The maximum absolute atomic E-state index is 12.0. The molecule has 0 saturated carbocycles. The highest BCUT2D eigenvalue weighted by atomic mass is 35.5. The molecule has 2 aromatic rings. The molecule has 1 aliphatic rings. The normalized spacial score (nSPS) is 14.9. The number of rotatable bonds is 2. The maximum atomic E-state index is 12.0. The molecule has 1 aliphatic heterocycles. The number of amides is 1. The summed E-state index contributed by atoms with van der Waals surface area (Å²) in [5.74, 6) is -1.38. The van der Waals surface area contributed by atoms with Crippen LogP contribution >= 0.6 is 11.6 Å². The van der Waals surface area contributed by atoms with E-state index in [0.717, 1.165) is 0 Å². The molecule has 0 fully saturated rings. The number of carboxylic acids is 1. The molecule has 5 nitrogen and oxygen atoms in total. The fourth-order valence-corrected chi connectivity index (χ4v) is 2.25. The number of hydrogen-bond donors (Lipinski definition) is 2. The number of carbonyl (C=O) groups is 2. The van der Waals surface area contributed by atoms with E-state index < -0.39 is 5.97 Å². The number of halogens is 1. The van der Waals surface area contributed by atoms with Crippen LogP contribution in [0.3, 0.4) is 0 Å². The Labute approximate surface area is 124 Å². The molecule has 0 aliphatic carbocycles. The van der Waals surface area contributed by atoms with Crippen molar-refractivity contribution >= 4 is 40.6 Å². The molecule has 0 spiro atoms. The zero-order valence-corrected chi connectivity index (χ0v) is 11.4. The molecule has 0 unspecified atom stereocenters. The largest absolute Gasteiger partial charge is 0.478 e. The molecule has 21 heavy (non-hydrogen) atoms. The van der Waals surface area contributed by atoms with Gasteiger partial charge in [0, 0.05) is 10.6 Å². The lowest BCUT2D eigenvalue weighted by Gasteiger charge is -2.00. The van der Waals surface area contributed by atoms with Gasteiger partial charge in [-0.1, -0.05) is 17.7 Å². The van der Waals surface area contributed by atoms with Gasteiger partial charge >= 0.3 is 5.97 Å². The van der Waals surface area contributed by atoms with Crippen molar-refractivity contribution in [2.75, 3.05) is 5.32 Å². The summed E-state index contributed by atoms with van der Waals surface area (Å²) in [6, 6.07) is 11.1. The van der Waals surface area contributed by atoms with Gasteiger partial charge in [0.15, 0.2) is 0 Å². The van der Waals surface area contributed by atoms with Crippen LogP contribution in [0.1, 0.15) is 15.9 Å². The fourth-order valence-electron chi connectivity index (χ4n) is 2.07. The number of benzene rings is 2. The summed E-state index contributed by atoms with van der Waals surface area (Å²) in [6.07, 6.45) is 0. The first kappa shape index (κ1) is 13.3. The van der Waals surface area contributed by atoms with E-state index in [-0.39, 0.29) is 17.2 Å². The molecule has 2 aromatic carbocycles. The second-order valence-electron chi connectivity index (χ2n) is 4.46. The SMILES string of the molecule is O=C1Nc2ccc(Cl)cc2/C1=N/c1cccc(C(=O)O)c1. The molecule has 104 valence electrons. The number of carboxylic acid groups (broad SMARTS) is 1. The predicted molar refractivity (Wildman–Crippen MR) is 79.7 cm³/mol. The lowest BCUT2D eigenvalue weighted by molar-refractivity contribution is -0.110. The van der Waals surface area contributed by atoms with Gasteiger partial charge in [0.2, 0.25) is 0 Å². The second-order valence-corrected chi connectivity index (χ2v) is 4.90. The van der Waals surface area contributed by atoms with Crippen LogP contribution in [-0.2, 0) is 4.79 Å². The maximum Gasteiger partial charge on any atom is 0.335 e. The van der Waals surface area contributed by atoms with Crippen molar-refractivity contribution in [1.82, 2.24) is 0 Å². The molecular formula is C15H9ClN2O3. The smallest absolute Gasteiger partial charge is 0.335 e. The molecule has 0 aromatic heterocycles. The highest BCUT2D eigenvalue weighted by Crippen LogP contribution is 2.28. The van der Waals surface area contributed by atoms with Crippen molar-refractivity contribution in [1.29, 1.82) is 0 Å².